The maximum Gasteiger partial charge on any atom is 0.344 e. The van der Waals surface area contributed by atoms with Crippen LogP contribution in [0.25, 0.3) is 0 Å². The SMILES string of the molecule is O=C(COC(=O)[C@]12CCC(=O)N1c1ccccc1S2)N(C1CCCCC1)C1CCCCC1. The van der Waals surface area contributed by atoms with Gasteiger partial charge in [0.05, 0.1) is 5.69 Å². The lowest BCUT2D eigenvalue weighted by Crippen LogP contribution is -2.52. The van der Waals surface area contributed by atoms with Crippen LogP contribution in [0, 0.1) is 0 Å². The van der Waals surface area contributed by atoms with Gasteiger partial charge in [-0.3, -0.25) is 14.5 Å². The molecule has 0 N–H and O–H groups in total. The predicted molar refractivity (Wildman–Crippen MR) is 123 cm³/mol. The van der Waals surface area contributed by atoms with Crippen LogP contribution in [0.15, 0.2) is 29.2 Å². The largest absolute Gasteiger partial charge is 0.453 e. The van der Waals surface area contributed by atoms with Crippen molar-refractivity contribution < 1.29 is 19.1 Å². The van der Waals surface area contributed by atoms with Crippen molar-refractivity contribution in [1.82, 2.24) is 4.90 Å². The molecule has 2 saturated carbocycles. The Hall–Kier alpha value is -2.02. The number of benzene rings is 1. The molecule has 2 aliphatic heterocycles. The van der Waals surface area contributed by atoms with Gasteiger partial charge in [0.2, 0.25) is 5.91 Å². The Bertz CT molecular complexity index is 876. The van der Waals surface area contributed by atoms with Crippen molar-refractivity contribution in [3.05, 3.63) is 24.3 Å². The number of carbonyl (C=O) groups is 3. The smallest absolute Gasteiger partial charge is 0.344 e. The van der Waals surface area contributed by atoms with E-state index in [2.05, 4.69) is 4.90 Å². The van der Waals surface area contributed by atoms with Crippen LogP contribution in [0.3, 0.4) is 0 Å². The summed E-state index contributed by atoms with van der Waals surface area (Å²) in [5.41, 5.74) is 0.773. The zero-order valence-electron chi connectivity index (χ0n) is 18.6. The molecular weight excluding hydrogens is 424 g/mol. The van der Waals surface area contributed by atoms with E-state index >= 15 is 0 Å². The lowest BCUT2D eigenvalue weighted by atomic mass is 9.88. The minimum absolute atomic E-state index is 0.0586. The van der Waals surface area contributed by atoms with Gasteiger partial charge < -0.3 is 9.64 Å². The molecule has 32 heavy (non-hydrogen) atoms. The minimum atomic E-state index is -1.07. The number of para-hydroxylation sites is 1. The zero-order chi connectivity index (χ0) is 22.1. The molecule has 6 nitrogen and oxygen atoms in total. The summed E-state index contributed by atoms with van der Waals surface area (Å²) in [5, 5.41) is 0. The predicted octanol–water partition coefficient (Wildman–Crippen LogP) is 4.65. The molecule has 0 radical (unpaired) electrons. The highest BCUT2D eigenvalue weighted by Crippen LogP contribution is 2.56. The first kappa shape index (κ1) is 21.8. The Labute approximate surface area is 194 Å². The summed E-state index contributed by atoms with van der Waals surface area (Å²) in [7, 11) is 0. The summed E-state index contributed by atoms with van der Waals surface area (Å²) in [6.07, 6.45) is 12.1. The third-order valence-corrected chi connectivity index (χ3v) is 9.00. The Kier molecular flexibility index (Phi) is 6.19. The summed E-state index contributed by atoms with van der Waals surface area (Å²) < 4.78 is 5.69. The highest BCUT2D eigenvalue weighted by Gasteiger charge is 2.58. The number of ether oxygens (including phenoxy) is 1. The fraction of sp³-hybridized carbons (Fsp3) is 0.640. The lowest BCUT2D eigenvalue weighted by molar-refractivity contribution is -0.156. The van der Waals surface area contributed by atoms with Crippen LogP contribution in [0.1, 0.15) is 77.0 Å². The second-order valence-corrected chi connectivity index (χ2v) is 10.9. The first-order valence-electron chi connectivity index (χ1n) is 12.2. The standard InChI is InChI=1S/C25H32N2O4S/c28-22-15-16-25(27(22)20-13-7-8-14-21(20)32-25)24(30)31-17-23(29)26(18-9-3-1-4-10-18)19-11-5-2-6-12-19/h7-8,13-14,18-19H,1-6,9-12,15-17H2/t25-/m1/s1. The zero-order valence-corrected chi connectivity index (χ0v) is 19.4. The second kappa shape index (κ2) is 9.08. The minimum Gasteiger partial charge on any atom is -0.453 e. The van der Waals surface area contributed by atoms with E-state index in [9.17, 15) is 14.4 Å². The van der Waals surface area contributed by atoms with Gasteiger partial charge in [0, 0.05) is 29.8 Å². The van der Waals surface area contributed by atoms with Crippen LogP contribution in [-0.2, 0) is 19.1 Å². The number of hydrogen-bond acceptors (Lipinski definition) is 5. The van der Waals surface area contributed by atoms with Crippen LogP contribution in [0.2, 0.25) is 0 Å². The highest BCUT2D eigenvalue weighted by atomic mass is 32.2. The monoisotopic (exact) mass is 456 g/mol. The number of nitrogens with zero attached hydrogens (tertiary/aromatic N) is 2. The van der Waals surface area contributed by atoms with Crippen molar-refractivity contribution in [3.8, 4) is 0 Å². The lowest BCUT2D eigenvalue weighted by Gasteiger charge is -2.41. The van der Waals surface area contributed by atoms with Crippen molar-refractivity contribution in [2.24, 2.45) is 0 Å². The molecule has 2 amide bonds. The first-order chi connectivity index (χ1) is 15.6. The van der Waals surface area contributed by atoms with Crippen LogP contribution in [0.5, 0.6) is 0 Å². The topological polar surface area (TPSA) is 66.9 Å². The Morgan fingerprint density at radius 3 is 2.28 bits per heavy atom. The van der Waals surface area contributed by atoms with E-state index in [1.807, 2.05) is 24.3 Å². The van der Waals surface area contributed by atoms with Crippen LogP contribution < -0.4 is 4.90 Å². The number of fused-ring (bicyclic) bond motifs is 3. The Morgan fingerprint density at radius 1 is 1.00 bits per heavy atom. The first-order valence-corrected chi connectivity index (χ1v) is 13.0. The number of esters is 1. The molecule has 5 rings (SSSR count). The maximum absolute atomic E-state index is 13.4. The van der Waals surface area contributed by atoms with Gasteiger partial charge in [0.15, 0.2) is 11.5 Å². The van der Waals surface area contributed by atoms with E-state index in [-0.39, 0.29) is 30.5 Å². The molecule has 0 spiro atoms. The molecule has 1 saturated heterocycles. The molecule has 3 fully saturated rings. The Morgan fingerprint density at radius 2 is 1.62 bits per heavy atom. The fourth-order valence-corrected chi connectivity index (χ4v) is 7.42. The second-order valence-electron chi connectivity index (χ2n) is 9.54. The molecule has 0 aromatic heterocycles. The summed E-state index contributed by atoms with van der Waals surface area (Å²) >= 11 is 1.39. The fourth-order valence-electron chi connectivity index (χ4n) is 6.01. The third-order valence-electron chi connectivity index (χ3n) is 7.54. The third kappa shape index (κ3) is 3.82. The van der Waals surface area contributed by atoms with E-state index in [0.29, 0.717) is 12.8 Å². The molecular formula is C25H32N2O4S. The van der Waals surface area contributed by atoms with Crippen LogP contribution in [0.4, 0.5) is 5.69 Å². The number of hydrogen-bond donors (Lipinski definition) is 0. The van der Waals surface area contributed by atoms with Crippen molar-refractivity contribution in [2.45, 2.75) is 98.9 Å². The molecule has 0 unspecified atom stereocenters. The Balaban J connectivity index is 1.30. The molecule has 7 heteroatoms. The van der Waals surface area contributed by atoms with E-state index in [4.69, 9.17) is 4.74 Å². The van der Waals surface area contributed by atoms with E-state index < -0.39 is 10.8 Å². The van der Waals surface area contributed by atoms with E-state index in [1.54, 1.807) is 4.90 Å². The molecule has 1 aromatic carbocycles. The average molecular weight is 457 g/mol. The molecule has 0 bridgehead atoms. The quantitative estimate of drug-likeness (QED) is 0.603. The molecule has 2 heterocycles. The van der Waals surface area contributed by atoms with Crippen molar-refractivity contribution in [3.63, 3.8) is 0 Å². The summed E-state index contributed by atoms with van der Waals surface area (Å²) in [5.74, 6) is -0.591. The van der Waals surface area contributed by atoms with Gasteiger partial charge in [-0.1, -0.05) is 62.4 Å². The molecule has 172 valence electrons. The number of thioether (sulfide) groups is 1. The number of anilines is 1. The van der Waals surface area contributed by atoms with Gasteiger partial charge in [0.1, 0.15) is 0 Å². The summed E-state index contributed by atoms with van der Waals surface area (Å²) in [6, 6.07) is 8.13. The normalized spacial score (nSPS) is 26.0. The molecule has 2 aliphatic carbocycles. The van der Waals surface area contributed by atoms with Crippen molar-refractivity contribution in [2.75, 3.05) is 11.5 Å². The maximum atomic E-state index is 13.4. The molecule has 4 aliphatic rings. The van der Waals surface area contributed by atoms with E-state index in [1.165, 1.54) is 24.6 Å². The van der Waals surface area contributed by atoms with Gasteiger partial charge >= 0.3 is 5.97 Å². The highest BCUT2D eigenvalue weighted by molar-refractivity contribution is 8.02. The van der Waals surface area contributed by atoms with Crippen molar-refractivity contribution >= 4 is 35.2 Å². The van der Waals surface area contributed by atoms with Crippen molar-refractivity contribution in [1.29, 1.82) is 0 Å². The van der Waals surface area contributed by atoms with Gasteiger partial charge in [-0.2, -0.15) is 0 Å². The van der Waals surface area contributed by atoms with Gasteiger partial charge in [-0.05, 0) is 37.8 Å². The van der Waals surface area contributed by atoms with Crippen LogP contribution in [-0.4, -0.2) is 46.2 Å². The summed E-state index contributed by atoms with van der Waals surface area (Å²) in [4.78, 5) is 42.9. The average Bonchev–Trinajstić information content (AvgIpc) is 3.34. The number of rotatable bonds is 5. The molecule has 1 atom stereocenters. The number of amides is 2. The number of carbonyl (C=O) groups excluding carboxylic acids is 3. The summed E-state index contributed by atoms with van der Waals surface area (Å²) in [6.45, 7) is -0.230. The van der Waals surface area contributed by atoms with Gasteiger partial charge in [-0.15, -0.1) is 0 Å². The van der Waals surface area contributed by atoms with Gasteiger partial charge in [0.25, 0.3) is 5.91 Å². The van der Waals surface area contributed by atoms with Gasteiger partial charge in [-0.25, -0.2) is 4.79 Å². The molecule has 1 aromatic rings. The van der Waals surface area contributed by atoms with Crippen LogP contribution >= 0.6 is 11.8 Å². The van der Waals surface area contributed by atoms with E-state index in [0.717, 1.165) is 61.9 Å².